The number of benzene rings is 1. The molecule has 1 aliphatic rings. The highest BCUT2D eigenvalue weighted by Crippen LogP contribution is 2.35. The zero-order valence-corrected chi connectivity index (χ0v) is 19.3. The number of aromatic nitrogens is 3. The van der Waals surface area contributed by atoms with Crippen LogP contribution < -0.4 is 21.3 Å². The van der Waals surface area contributed by atoms with Crippen LogP contribution in [0.4, 0.5) is 23.2 Å². The molecule has 0 aliphatic carbocycles. The highest BCUT2D eigenvalue weighted by Gasteiger charge is 2.21. The quantitative estimate of drug-likeness (QED) is 0.313. The van der Waals surface area contributed by atoms with Crippen LogP contribution in [0.2, 0.25) is 0 Å². The summed E-state index contributed by atoms with van der Waals surface area (Å²) in [5.74, 6) is 0.127. The van der Waals surface area contributed by atoms with E-state index in [2.05, 4.69) is 30.5 Å². The van der Waals surface area contributed by atoms with Gasteiger partial charge >= 0.3 is 0 Å². The number of fused-ring (bicyclic) bond motifs is 1. The summed E-state index contributed by atoms with van der Waals surface area (Å²) < 4.78 is 5.78. The van der Waals surface area contributed by atoms with Crippen LogP contribution in [0.1, 0.15) is 29.8 Å². The fourth-order valence-electron chi connectivity index (χ4n) is 3.93. The molecule has 176 valence electrons. The van der Waals surface area contributed by atoms with Crippen molar-refractivity contribution < 1.29 is 14.3 Å². The van der Waals surface area contributed by atoms with Gasteiger partial charge in [0.1, 0.15) is 22.0 Å². The van der Waals surface area contributed by atoms with Gasteiger partial charge in [-0.05, 0) is 37.5 Å². The Balaban J connectivity index is 1.44. The second-order valence-electron chi connectivity index (χ2n) is 8.02. The molecule has 1 saturated heterocycles. The molecule has 1 aliphatic heterocycles. The van der Waals surface area contributed by atoms with E-state index in [1.807, 2.05) is 12.1 Å². The van der Waals surface area contributed by atoms with Crippen molar-refractivity contribution in [2.45, 2.75) is 19.3 Å². The molecule has 0 atom stereocenters. The lowest BCUT2D eigenvalue weighted by atomic mass is 10.1. The number of carbonyl (C=O) groups is 1. The highest BCUT2D eigenvalue weighted by atomic mass is 32.1. The molecule has 0 saturated carbocycles. The summed E-state index contributed by atoms with van der Waals surface area (Å²) in [4.78, 5) is 28.4. The van der Waals surface area contributed by atoms with Gasteiger partial charge in [0.2, 0.25) is 0 Å². The maximum absolute atomic E-state index is 13.1. The van der Waals surface area contributed by atoms with Crippen molar-refractivity contribution in [2.75, 3.05) is 47.5 Å². The van der Waals surface area contributed by atoms with E-state index in [1.165, 1.54) is 17.8 Å². The van der Waals surface area contributed by atoms with E-state index < -0.39 is 0 Å². The molecule has 11 heteroatoms. The smallest absolute Gasteiger partial charge is 0.295 e. The van der Waals surface area contributed by atoms with Gasteiger partial charge in [0, 0.05) is 42.8 Å². The Morgan fingerprint density at radius 2 is 2.06 bits per heavy atom. The first kappa shape index (κ1) is 22.1. The number of carbonyl (C=O) groups excluding carboxylic acids is 1. The molecular formula is C23H25N7O3S. The number of nitrogens with two attached hydrogens (primary N) is 1. The van der Waals surface area contributed by atoms with Gasteiger partial charge in [0.05, 0.1) is 18.0 Å². The van der Waals surface area contributed by atoms with Gasteiger partial charge < -0.3 is 30.8 Å². The molecule has 0 radical (unpaired) electrons. The first-order chi connectivity index (χ1) is 16.6. The third-order valence-electron chi connectivity index (χ3n) is 5.61. The molecule has 1 amide bonds. The number of thiazole rings is 1. The van der Waals surface area contributed by atoms with Crippen LogP contribution in [0, 0.1) is 0 Å². The summed E-state index contributed by atoms with van der Waals surface area (Å²) in [5.41, 5.74) is 9.57. The average Bonchev–Trinajstić information content (AvgIpc) is 3.50. The van der Waals surface area contributed by atoms with E-state index >= 15 is 0 Å². The number of pyridine rings is 1. The number of oxazole rings is 1. The van der Waals surface area contributed by atoms with Crippen LogP contribution in [0.5, 0.6) is 0 Å². The molecule has 5 rings (SSSR count). The van der Waals surface area contributed by atoms with Crippen molar-refractivity contribution in [2.24, 2.45) is 0 Å². The topological polar surface area (TPSA) is 142 Å². The molecule has 1 fully saturated rings. The molecule has 10 nitrogen and oxygen atoms in total. The maximum atomic E-state index is 13.1. The van der Waals surface area contributed by atoms with Crippen LogP contribution >= 0.6 is 11.3 Å². The minimum atomic E-state index is -0.304. The van der Waals surface area contributed by atoms with Gasteiger partial charge in [-0.15, -0.1) is 11.3 Å². The van der Waals surface area contributed by atoms with Gasteiger partial charge in [-0.2, -0.15) is 4.98 Å². The molecule has 4 aromatic rings. The number of nitrogens with one attached hydrogen (secondary N) is 2. The van der Waals surface area contributed by atoms with Gasteiger partial charge in [0.25, 0.3) is 11.9 Å². The number of aliphatic hydroxyl groups excluding tert-OH is 1. The number of nitrogens with zero attached hydrogens (tertiary/aromatic N) is 4. The molecule has 5 N–H and O–H groups in total. The second-order valence-corrected chi connectivity index (χ2v) is 8.88. The Labute approximate surface area is 199 Å². The lowest BCUT2D eigenvalue weighted by Crippen LogP contribution is -2.30. The van der Waals surface area contributed by atoms with E-state index in [4.69, 9.17) is 15.3 Å². The van der Waals surface area contributed by atoms with Gasteiger partial charge in [-0.1, -0.05) is 0 Å². The molecule has 34 heavy (non-hydrogen) atoms. The van der Waals surface area contributed by atoms with Crippen LogP contribution in [0.25, 0.3) is 21.7 Å². The van der Waals surface area contributed by atoms with E-state index in [1.54, 1.807) is 23.7 Å². The largest absolute Gasteiger partial charge is 0.423 e. The zero-order chi connectivity index (χ0) is 23.5. The predicted octanol–water partition coefficient (Wildman–Crippen LogP) is 3.58. The number of amides is 1. The van der Waals surface area contributed by atoms with Gasteiger partial charge in [-0.3, -0.25) is 4.79 Å². The Morgan fingerprint density at radius 1 is 1.21 bits per heavy atom. The van der Waals surface area contributed by atoms with E-state index in [9.17, 15) is 4.79 Å². The zero-order valence-electron chi connectivity index (χ0n) is 18.5. The lowest BCUT2D eigenvalue weighted by Gasteiger charge is -2.30. The molecule has 0 bridgehead atoms. The minimum absolute atomic E-state index is 0.0267. The van der Waals surface area contributed by atoms with Crippen LogP contribution in [-0.4, -0.2) is 52.2 Å². The third kappa shape index (κ3) is 4.66. The van der Waals surface area contributed by atoms with Gasteiger partial charge in [0.15, 0.2) is 5.58 Å². The van der Waals surface area contributed by atoms with Crippen molar-refractivity contribution in [1.29, 1.82) is 0 Å². The molecule has 4 heterocycles. The standard InChI is InChI=1S/C23H25N7O3S/c24-20-5-4-14(12-26-20)22-28-17(13-34-22)21(32)27-15-11-19-16(29-23(33-19)25-6-9-31)10-18(15)30-7-2-1-3-8-30/h4-5,10-13,31H,1-3,6-9H2,(H2,24,26)(H,25,29)(H,27,32). The van der Waals surface area contributed by atoms with E-state index in [-0.39, 0.29) is 12.5 Å². The number of rotatable bonds is 7. The van der Waals surface area contributed by atoms with Crippen molar-refractivity contribution in [3.05, 3.63) is 41.5 Å². The van der Waals surface area contributed by atoms with E-state index in [0.717, 1.165) is 37.2 Å². The number of nitrogen functional groups attached to an aromatic ring is 1. The summed E-state index contributed by atoms with van der Waals surface area (Å²) in [6.07, 6.45) is 5.03. The highest BCUT2D eigenvalue weighted by molar-refractivity contribution is 7.13. The molecular weight excluding hydrogens is 454 g/mol. The van der Waals surface area contributed by atoms with Crippen molar-refractivity contribution >= 4 is 51.6 Å². The Hall–Kier alpha value is -3.70. The van der Waals surface area contributed by atoms with Crippen molar-refractivity contribution in [3.63, 3.8) is 0 Å². The lowest BCUT2D eigenvalue weighted by molar-refractivity contribution is 0.102. The number of hydrogen-bond donors (Lipinski definition) is 4. The average molecular weight is 480 g/mol. The van der Waals surface area contributed by atoms with Gasteiger partial charge in [-0.25, -0.2) is 9.97 Å². The summed E-state index contributed by atoms with van der Waals surface area (Å²) in [6.45, 7) is 2.13. The van der Waals surface area contributed by atoms with Crippen LogP contribution in [-0.2, 0) is 0 Å². The second kappa shape index (κ2) is 9.65. The summed E-state index contributed by atoms with van der Waals surface area (Å²) in [5, 5.41) is 17.4. The number of hydrogen-bond acceptors (Lipinski definition) is 10. The summed E-state index contributed by atoms with van der Waals surface area (Å²) in [7, 11) is 0. The first-order valence-corrected chi connectivity index (χ1v) is 12.0. The maximum Gasteiger partial charge on any atom is 0.295 e. The predicted molar refractivity (Wildman–Crippen MR) is 133 cm³/mol. The fraction of sp³-hybridized carbons (Fsp3) is 0.304. The Bertz CT molecular complexity index is 1300. The Morgan fingerprint density at radius 3 is 2.82 bits per heavy atom. The van der Waals surface area contributed by atoms with Crippen molar-refractivity contribution in [3.8, 4) is 10.6 Å². The van der Waals surface area contributed by atoms with E-state index in [0.29, 0.717) is 45.9 Å². The normalized spacial score (nSPS) is 13.9. The monoisotopic (exact) mass is 479 g/mol. The molecule has 0 spiro atoms. The van der Waals surface area contributed by atoms with Crippen molar-refractivity contribution in [1.82, 2.24) is 15.0 Å². The molecule has 0 unspecified atom stereocenters. The number of anilines is 4. The Kier molecular flexibility index (Phi) is 6.28. The fourth-order valence-corrected chi connectivity index (χ4v) is 4.72. The number of piperidine rings is 1. The third-order valence-corrected chi connectivity index (χ3v) is 6.50. The minimum Gasteiger partial charge on any atom is -0.423 e. The molecule has 1 aromatic carbocycles. The summed E-state index contributed by atoms with van der Waals surface area (Å²) in [6, 6.07) is 7.61. The summed E-state index contributed by atoms with van der Waals surface area (Å²) >= 11 is 1.37. The molecule has 3 aromatic heterocycles. The van der Waals surface area contributed by atoms with Crippen LogP contribution in [0.3, 0.4) is 0 Å². The first-order valence-electron chi connectivity index (χ1n) is 11.1. The number of aliphatic hydroxyl groups is 1. The van der Waals surface area contributed by atoms with Crippen LogP contribution in [0.15, 0.2) is 40.3 Å². The SMILES string of the molecule is Nc1ccc(-c2nc(C(=O)Nc3cc4oc(NCCO)nc4cc3N3CCCCC3)cs2)cn1.